The van der Waals surface area contributed by atoms with Crippen LogP contribution in [-0.2, 0) is 28.8 Å². The number of carboxylic acids is 2. The van der Waals surface area contributed by atoms with Crippen LogP contribution in [0.5, 0.6) is 0 Å². The number of hydrogen-bond acceptors (Lipinski definition) is 8. The van der Waals surface area contributed by atoms with Crippen LogP contribution in [-0.4, -0.2) is 71.2 Å². The van der Waals surface area contributed by atoms with Crippen LogP contribution in [0.4, 0.5) is 0 Å². The highest BCUT2D eigenvalue weighted by molar-refractivity contribution is 7.81. The van der Waals surface area contributed by atoms with Crippen LogP contribution in [0.25, 0.3) is 0 Å². The van der Waals surface area contributed by atoms with E-state index in [0.717, 1.165) is 0 Å². The third-order valence-electron chi connectivity index (χ3n) is 3.16. The van der Waals surface area contributed by atoms with Crippen molar-refractivity contribution in [2.75, 3.05) is 19.4 Å². The minimum absolute atomic E-state index is 0.0302. The minimum atomic E-state index is -1.34. The molecule has 2 atom stereocenters. The summed E-state index contributed by atoms with van der Waals surface area (Å²) >= 11 is 3.78. The van der Waals surface area contributed by atoms with E-state index in [-0.39, 0.29) is 37.2 Å². The number of thiol groups is 1. The van der Waals surface area contributed by atoms with Gasteiger partial charge in [0.25, 0.3) is 0 Å². The van der Waals surface area contributed by atoms with E-state index in [9.17, 15) is 24.0 Å². The minimum Gasteiger partial charge on any atom is -0.480 e. The van der Waals surface area contributed by atoms with Crippen LogP contribution in [0.1, 0.15) is 52.9 Å². The number of Topliss-reactive ketones (excluding diaryl/α,β-unsaturated/α-hetero) is 1. The zero-order valence-electron chi connectivity index (χ0n) is 19.2. The van der Waals surface area contributed by atoms with Crippen molar-refractivity contribution in [1.29, 1.82) is 0 Å². The highest BCUT2D eigenvalue weighted by Crippen LogP contribution is 2.03. The van der Waals surface area contributed by atoms with Crippen LogP contribution in [0, 0.1) is 0 Å². The monoisotopic (exact) mass is 479 g/mol. The molecule has 2 amide bonds. The fraction of sp³-hybridized carbons (Fsp3) is 0.650. The smallest absolute Gasteiger partial charge is 0.326 e. The topological polar surface area (TPSA) is 171 Å². The average molecular weight is 480 g/mol. The number of aliphatic carboxylic acids is 2. The van der Waals surface area contributed by atoms with Gasteiger partial charge in [-0.1, -0.05) is 26.3 Å². The predicted octanol–water partition coefficient (Wildman–Crippen LogP) is 0.944. The number of carboxylic acid groups (broad SMARTS) is 2. The van der Waals surface area contributed by atoms with E-state index in [4.69, 9.17) is 10.2 Å². The van der Waals surface area contributed by atoms with E-state index < -0.39 is 42.4 Å². The lowest BCUT2D eigenvalue weighted by Crippen LogP contribution is -2.45. The van der Waals surface area contributed by atoms with E-state index in [0.29, 0.717) is 0 Å². The Morgan fingerprint density at radius 3 is 1.75 bits per heavy atom. The maximum atomic E-state index is 11.8. The van der Waals surface area contributed by atoms with E-state index in [1.165, 1.54) is 13.5 Å². The number of nitrogens with one attached hydrogen (secondary N) is 3. The van der Waals surface area contributed by atoms with Crippen molar-refractivity contribution in [2.45, 2.75) is 65.0 Å². The molecule has 0 aliphatic carbocycles. The summed E-state index contributed by atoms with van der Waals surface area (Å²) in [5, 5.41) is 22.5. The molecule has 0 aliphatic heterocycles. The standard InChI is InChI=1S/C14H23N3O8S.C3H8.C3H6/c1-15-25-6-12(20)17-10(14(23)24)4-5-11(19)16-9(13(21)22)3-2-8(18)7-26;2*1-3-2/h9-10,15,26H,2-7H2,1H3,(H,16,19)(H,17,20)(H,21,22)(H,23,24);3H2,1-2H3;3H,1H2,2H3. The third kappa shape index (κ3) is 22.2. The Bertz CT molecular complexity index is 587. The number of hydroxylamine groups is 1. The Hall–Kier alpha value is -2.44. The van der Waals surface area contributed by atoms with Gasteiger partial charge in [0.1, 0.15) is 24.5 Å². The first kappa shape index (κ1) is 34.2. The molecule has 0 aromatic rings. The van der Waals surface area contributed by atoms with Gasteiger partial charge < -0.3 is 20.8 Å². The second-order valence-electron chi connectivity index (χ2n) is 6.30. The normalized spacial score (nSPS) is 11.3. The van der Waals surface area contributed by atoms with Gasteiger partial charge >= 0.3 is 11.9 Å². The molecule has 0 rings (SSSR count). The Morgan fingerprint density at radius 1 is 0.969 bits per heavy atom. The van der Waals surface area contributed by atoms with Crippen LogP contribution in [0.15, 0.2) is 12.7 Å². The number of carbonyl (C=O) groups excluding carboxylic acids is 3. The molecule has 0 aromatic heterocycles. The number of hydrogen-bond donors (Lipinski definition) is 6. The lowest BCUT2D eigenvalue weighted by Gasteiger charge is -2.16. The number of allylic oxidation sites excluding steroid dienone is 1. The van der Waals surface area contributed by atoms with Gasteiger partial charge in [-0.05, 0) is 19.8 Å². The highest BCUT2D eigenvalue weighted by Gasteiger charge is 2.24. The molecule has 0 aliphatic rings. The third-order valence-corrected chi connectivity index (χ3v) is 3.52. The molecule has 12 heteroatoms. The zero-order chi connectivity index (χ0) is 25.5. The van der Waals surface area contributed by atoms with Gasteiger partial charge in [0.05, 0.1) is 0 Å². The van der Waals surface area contributed by atoms with Crippen LogP contribution < -0.4 is 16.1 Å². The SMILES string of the molecule is C=CC.CCC.CNOCC(=O)NC(CCC(=O)NC(CCC(=O)CS)C(=O)O)C(=O)O. The van der Waals surface area contributed by atoms with Gasteiger partial charge in [-0.15, -0.1) is 6.58 Å². The molecular formula is C20H37N3O8S. The lowest BCUT2D eigenvalue weighted by molar-refractivity contribution is -0.144. The second kappa shape index (κ2) is 23.2. The molecule has 0 spiro atoms. The molecule has 11 nitrogen and oxygen atoms in total. The fourth-order valence-electron chi connectivity index (χ4n) is 1.81. The molecule has 0 bridgehead atoms. The highest BCUT2D eigenvalue weighted by atomic mass is 32.1. The van der Waals surface area contributed by atoms with Crippen molar-refractivity contribution in [2.24, 2.45) is 0 Å². The number of amides is 2. The molecular weight excluding hydrogens is 442 g/mol. The molecule has 32 heavy (non-hydrogen) atoms. The second-order valence-corrected chi connectivity index (χ2v) is 6.62. The molecule has 0 saturated carbocycles. The first-order chi connectivity index (χ1) is 15.0. The molecule has 0 radical (unpaired) electrons. The molecule has 5 N–H and O–H groups in total. The van der Waals surface area contributed by atoms with Gasteiger partial charge in [-0.3, -0.25) is 19.2 Å². The quantitative estimate of drug-likeness (QED) is 0.120. The Morgan fingerprint density at radius 2 is 1.38 bits per heavy atom. The average Bonchev–Trinajstić information content (AvgIpc) is 2.72. The van der Waals surface area contributed by atoms with Crippen LogP contribution >= 0.6 is 12.6 Å². The predicted molar refractivity (Wildman–Crippen MR) is 123 cm³/mol. The summed E-state index contributed by atoms with van der Waals surface area (Å²) in [6, 6.07) is -2.60. The van der Waals surface area contributed by atoms with Crippen molar-refractivity contribution in [1.82, 2.24) is 16.1 Å². The molecule has 2 unspecified atom stereocenters. The van der Waals surface area contributed by atoms with Gasteiger partial charge in [-0.25, -0.2) is 15.1 Å². The van der Waals surface area contributed by atoms with E-state index in [2.05, 4.69) is 54.0 Å². The number of rotatable bonds is 14. The summed E-state index contributed by atoms with van der Waals surface area (Å²) in [5.74, 6) is -4.34. The van der Waals surface area contributed by atoms with Crippen molar-refractivity contribution >= 4 is 42.2 Å². The van der Waals surface area contributed by atoms with Crippen LogP contribution in [0.3, 0.4) is 0 Å². The molecule has 0 saturated heterocycles. The van der Waals surface area contributed by atoms with Gasteiger partial charge in [0.15, 0.2) is 0 Å². The molecule has 186 valence electrons. The summed E-state index contributed by atoms with van der Waals surface area (Å²) < 4.78 is 0. The largest absolute Gasteiger partial charge is 0.480 e. The van der Waals surface area contributed by atoms with Gasteiger partial charge in [0.2, 0.25) is 11.8 Å². The summed E-state index contributed by atoms with van der Waals surface area (Å²) in [5.41, 5.74) is 2.25. The first-order valence-electron chi connectivity index (χ1n) is 10.1. The van der Waals surface area contributed by atoms with E-state index in [1.807, 2.05) is 6.92 Å². The van der Waals surface area contributed by atoms with Crippen molar-refractivity contribution in [3.8, 4) is 0 Å². The van der Waals surface area contributed by atoms with E-state index in [1.54, 1.807) is 6.08 Å². The van der Waals surface area contributed by atoms with Gasteiger partial charge in [0, 0.05) is 25.6 Å². The maximum absolute atomic E-state index is 11.8. The Balaban J connectivity index is -0.00000125. The molecule has 0 fully saturated rings. The summed E-state index contributed by atoms with van der Waals surface area (Å²) in [4.78, 5) is 61.3. The first-order valence-corrected chi connectivity index (χ1v) is 10.7. The summed E-state index contributed by atoms with van der Waals surface area (Å²) in [7, 11) is 1.43. The summed E-state index contributed by atoms with van der Waals surface area (Å²) in [6.07, 6.45) is 2.28. The molecule has 0 aromatic carbocycles. The number of ketones is 1. The summed E-state index contributed by atoms with van der Waals surface area (Å²) in [6.45, 7) is 9.09. The Labute approximate surface area is 194 Å². The van der Waals surface area contributed by atoms with Gasteiger partial charge in [-0.2, -0.15) is 12.6 Å². The van der Waals surface area contributed by atoms with Crippen LogP contribution in [0.2, 0.25) is 0 Å². The number of carbonyl (C=O) groups is 5. The Kier molecular flexibility index (Phi) is 24.8. The fourth-order valence-corrected chi connectivity index (χ4v) is 1.97. The van der Waals surface area contributed by atoms with Crippen molar-refractivity contribution in [3.63, 3.8) is 0 Å². The van der Waals surface area contributed by atoms with Crippen molar-refractivity contribution in [3.05, 3.63) is 12.7 Å². The lowest BCUT2D eigenvalue weighted by atomic mass is 10.1. The van der Waals surface area contributed by atoms with E-state index >= 15 is 0 Å². The molecule has 0 heterocycles. The van der Waals surface area contributed by atoms with Crippen molar-refractivity contribution < 1.29 is 39.0 Å². The maximum Gasteiger partial charge on any atom is 0.326 e. The zero-order valence-corrected chi connectivity index (χ0v) is 20.1.